The molecule has 0 saturated carbocycles. The summed E-state index contributed by atoms with van der Waals surface area (Å²) in [6.07, 6.45) is 1.63. The second-order valence-electron chi connectivity index (χ2n) is 5.67. The van der Waals surface area contributed by atoms with E-state index in [4.69, 9.17) is 0 Å². The summed E-state index contributed by atoms with van der Waals surface area (Å²) in [5.74, 6) is 0.413. The summed E-state index contributed by atoms with van der Waals surface area (Å²) in [5, 5.41) is 19.9. The Bertz CT molecular complexity index is 697. The number of aliphatic hydroxyl groups excluding tert-OH is 1. The quantitative estimate of drug-likeness (QED) is 0.641. The number of phenols is 1. The van der Waals surface area contributed by atoms with Gasteiger partial charge in [-0.2, -0.15) is 0 Å². The average Bonchev–Trinajstić information content (AvgIpc) is 2.51. The number of aliphatic hydroxyl groups is 1. The van der Waals surface area contributed by atoms with Gasteiger partial charge in [0.2, 0.25) is 0 Å². The van der Waals surface area contributed by atoms with E-state index in [0.29, 0.717) is 5.56 Å². The van der Waals surface area contributed by atoms with Crippen molar-refractivity contribution in [2.24, 2.45) is 10.9 Å². The molecule has 0 heterocycles. The van der Waals surface area contributed by atoms with Crippen LogP contribution < -0.4 is 0 Å². The molecule has 0 aromatic heterocycles. The Morgan fingerprint density at radius 1 is 1.09 bits per heavy atom. The lowest BCUT2D eigenvalue weighted by atomic mass is 10.0. The van der Waals surface area contributed by atoms with Gasteiger partial charge in [0, 0.05) is 26.3 Å². The summed E-state index contributed by atoms with van der Waals surface area (Å²) in [7, 11) is 0. The summed E-state index contributed by atoms with van der Waals surface area (Å²) in [6.45, 7) is 4.00. The molecule has 0 aliphatic rings. The molecule has 122 valence electrons. The van der Waals surface area contributed by atoms with Crippen LogP contribution in [0, 0.1) is 5.92 Å². The third kappa shape index (κ3) is 4.66. The minimum atomic E-state index is -0.176. The lowest BCUT2D eigenvalue weighted by Gasteiger charge is -2.13. The first-order chi connectivity index (χ1) is 10.9. The van der Waals surface area contributed by atoms with E-state index in [1.54, 1.807) is 6.21 Å². The maximum Gasteiger partial charge on any atom is 0.132 e. The predicted octanol–water partition coefficient (Wildman–Crippen LogP) is 5.02. The Kier molecular flexibility index (Phi) is 6.39. The maximum absolute atomic E-state index is 10.6. The van der Waals surface area contributed by atoms with Gasteiger partial charge >= 0.3 is 0 Å². The molecule has 2 aromatic rings. The molecule has 2 aromatic carbocycles. The molecule has 2 rings (SSSR count). The van der Waals surface area contributed by atoms with Crippen LogP contribution in [0.4, 0.5) is 0 Å². The third-order valence-electron chi connectivity index (χ3n) is 3.62. The second kappa shape index (κ2) is 8.08. The van der Waals surface area contributed by atoms with E-state index in [-0.39, 0.29) is 24.3 Å². The zero-order valence-electron chi connectivity index (χ0n) is 13.0. The average molecular weight is 441 g/mol. The zero-order chi connectivity index (χ0) is 17.0. The standard InChI is InChI=1S/C18H19Br2NO2/c1-11(2)17(10-22)21-9-13-7-15(20)8-16(18(13)23)12-3-5-14(19)6-4-12/h3-9,11,17,22-23H,10H2,1-2H3/t17-/m1/s1. The highest BCUT2D eigenvalue weighted by atomic mass is 79.9. The molecule has 0 saturated heterocycles. The first-order valence-electron chi connectivity index (χ1n) is 7.35. The van der Waals surface area contributed by atoms with E-state index in [1.165, 1.54) is 0 Å². The van der Waals surface area contributed by atoms with Crippen molar-refractivity contribution in [3.8, 4) is 16.9 Å². The molecule has 5 heteroatoms. The van der Waals surface area contributed by atoms with E-state index in [2.05, 4.69) is 36.9 Å². The molecule has 23 heavy (non-hydrogen) atoms. The number of halogens is 2. The summed E-state index contributed by atoms with van der Waals surface area (Å²) in [6, 6.07) is 11.3. The SMILES string of the molecule is CC(C)[C@@H](CO)N=Cc1cc(Br)cc(-c2ccc(Br)cc2)c1O. The molecule has 3 nitrogen and oxygen atoms in total. The van der Waals surface area contributed by atoms with Crippen LogP contribution in [0.3, 0.4) is 0 Å². The smallest absolute Gasteiger partial charge is 0.132 e. The second-order valence-corrected chi connectivity index (χ2v) is 7.50. The van der Waals surface area contributed by atoms with Crippen molar-refractivity contribution in [2.45, 2.75) is 19.9 Å². The van der Waals surface area contributed by atoms with Crippen molar-refractivity contribution in [1.82, 2.24) is 0 Å². The summed E-state index contributed by atoms with van der Waals surface area (Å²) < 4.78 is 1.85. The van der Waals surface area contributed by atoms with Crippen LogP contribution in [0.25, 0.3) is 11.1 Å². The van der Waals surface area contributed by atoms with Gasteiger partial charge in [-0.3, -0.25) is 4.99 Å². The van der Waals surface area contributed by atoms with Gasteiger partial charge in [0.25, 0.3) is 0 Å². The number of phenolic OH excluding ortho intramolecular Hbond substituents is 1. The normalized spacial score (nSPS) is 13.0. The largest absolute Gasteiger partial charge is 0.507 e. The molecule has 0 aliphatic heterocycles. The van der Waals surface area contributed by atoms with Crippen molar-refractivity contribution >= 4 is 38.1 Å². The molecular weight excluding hydrogens is 422 g/mol. The summed E-state index contributed by atoms with van der Waals surface area (Å²) in [4.78, 5) is 4.40. The van der Waals surface area contributed by atoms with Gasteiger partial charge in [0.1, 0.15) is 5.75 Å². The van der Waals surface area contributed by atoms with Gasteiger partial charge in [-0.25, -0.2) is 0 Å². The Labute approximate surface area is 153 Å². The molecule has 0 bridgehead atoms. The van der Waals surface area contributed by atoms with Crippen LogP contribution in [-0.4, -0.2) is 29.1 Å². The number of aliphatic imine (C=N–C) groups is 1. The van der Waals surface area contributed by atoms with Crippen molar-refractivity contribution < 1.29 is 10.2 Å². The minimum Gasteiger partial charge on any atom is -0.507 e. The van der Waals surface area contributed by atoms with Gasteiger partial charge in [0.05, 0.1) is 12.6 Å². The van der Waals surface area contributed by atoms with Crippen LogP contribution >= 0.6 is 31.9 Å². The number of hydrogen-bond acceptors (Lipinski definition) is 3. The molecule has 0 unspecified atom stereocenters. The van der Waals surface area contributed by atoms with Gasteiger partial charge in [-0.1, -0.05) is 57.8 Å². The molecule has 0 fully saturated rings. The Hall–Kier alpha value is -1.17. The minimum absolute atomic E-state index is 0.0114. The van der Waals surface area contributed by atoms with E-state index < -0.39 is 0 Å². The summed E-state index contributed by atoms with van der Waals surface area (Å²) >= 11 is 6.89. The van der Waals surface area contributed by atoms with E-state index in [1.807, 2.05) is 50.2 Å². The Morgan fingerprint density at radius 2 is 1.74 bits per heavy atom. The topological polar surface area (TPSA) is 52.8 Å². The van der Waals surface area contributed by atoms with Gasteiger partial charge in [0.15, 0.2) is 0 Å². The summed E-state index contributed by atoms with van der Waals surface area (Å²) in [5.41, 5.74) is 2.28. The van der Waals surface area contributed by atoms with Gasteiger partial charge in [-0.15, -0.1) is 0 Å². The van der Waals surface area contributed by atoms with Crippen molar-refractivity contribution in [3.05, 3.63) is 50.9 Å². The van der Waals surface area contributed by atoms with Crippen molar-refractivity contribution in [2.75, 3.05) is 6.61 Å². The Morgan fingerprint density at radius 3 is 2.30 bits per heavy atom. The molecule has 2 N–H and O–H groups in total. The van der Waals surface area contributed by atoms with Crippen LogP contribution in [0.1, 0.15) is 19.4 Å². The number of nitrogens with zero attached hydrogens (tertiary/aromatic N) is 1. The van der Waals surface area contributed by atoms with E-state index in [9.17, 15) is 10.2 Å². The van der Waals surface area contributed by atoms with Gasteiger partial charge in [-0.05, 0) is 35.7 Å². The number of benzene rings is 2. The van der Waals surface area contributed by atoms with Crippen LogP contribution in [0.15, 0.2) is 50.3 Å². The number of hydrogen-bond donors (Lipinski definition) is 2. The van der Waals surface area contributed by atoms with E-state index >= 15 is 0 Å². The molecule has 0 radical (unpaired) electrons. The van der Waals surface area contributed by atoms with Gasteiger partial charge < -0.3 is 10.2 Å². The number of aromatic hydroxyl groups is 1. The molecule has 0 aliphatic carbocycles. The fourth-order valence-corrected chi connectivity index (χ4v) is 2.91. The fourth-order valence-electron chi connectivity index (χ4n) is 2.17. The molecule has 1 atom stereocenters. The maximum atomic E-state index is 10.6. The fraction of sp³-hybridized carbons (Fsp3) is 0.278. The lowest BCUT2D eigenvalue weighted by molar-refractivity contribution is 0.240. The first-order valence-corrected chi connectivity index (χ1v) is 8.93. The van der Waals surface area contributed by atoms with Crippen molar-refractivity contribution in [3.63, 3.8) is 0 Å². The van der Waals surface area contributed by atoms with Crippen LogP contribution in [-0.2, 0) is 0 Å². The van der Waals surface area contributed by atoms with Crippen molar-refractivity contribution in [1.29, 1.82) is 0 Å². The predicted molar refractivity (Wildman–Crippen MR) is 102 cm³/mol. The lowest BCUT2D eigenvalue weighted by Crippen LogP contribution is -2.17. The third-order valence-corrected chi connectivity index (χ3v) is 4.61. The highest BCUT2D eigenvalue weighted by molar-refractivity contribution is 9.10. The molecule has 0 amide bonds. The first kappa shape index (κ1) is 18.2. The highest BCUT2D eigenvalue weighted by Crippen LogP contribution is 2.35. The Balaban J connectivity index is 2.42. The molecule has 0 spiro atoms. The van der Waals surface area contributed by atoms with Crippen LogP contribution in [0.2, 0.25) is 0 Å². The molecular formula is C18H19Br2NO2. The van der Waals surface area contributed by atoms with Crippen LogP contribution in [0.5, 0.6) is 5.75 Å². The highest BCUT2D eigenvalue weighted by Gasteiger charge is 2.12. The van der Waals surface area contributed by atoms with E-state index in [0.717, 1.165) is 20.1 Å². The monoisotopic (exact) mass is 439 g/mol. The zero-order valence-corrected chi connectivity index (χ0v) is 16.2. The number of rotatable bonds is 5.